The van der Waals surface area contributed by atoms with E-state index in [-0.39, 0.29) is 42.4 Å². The van der Waals surface area contributed by atoms with Gasteiger partial charge in [-0.3, -0.25) is 14.6 Å². The summed E-state index contributed by atoms with van der Waals surface area (Å²) in [4.78, 5) is 34.1. The number of carbonyl (C=O) groups excluding carboxylic acids is 2. The van der Waals surface area contributed by atoms with Crippen molar-refractivity contribution in [3.05, 3.63) is 40.0 Å². The Kier molecular flexibility index (Phi) is 8.49. The molecule has 0 radical (unpaired) electrons. The number of ether oxygens (including phenoxy) is 2. The zero-order valence-corrected chi connectivity index (χ0v) is 22.1. The van der Waals surface area contributed by atoms with Crippen LogP contribution >= 0.6 is 15.9 Å². The van der Waals surface area contributed by atoms with Gasteiger partial charge in [0.25, 0.3) is 5.91 Å². The highest BCUT2D eigenvalue weighted by atomic mass is 79.9. The van der Waals surface area contributed by atoms with E-state index in [1.807, 2.05) is 43.0 Å². The van der Waals surface area contributed by atoms with Crippen molar-refractivity contribution >= 4 is 33.5 Å². The molecular weight excluding hydrogens is 512 g/mol. The Hall–Kier alpha value is -2.39. The van der Waals surface area contributed by atoms with Crippen LogP contribution in [0.4, 0.5) is 0 Å². The van der Waals surface area contributed by atoms with Crippen LogP contribution in [0.15, 0.2) is 45.0 Å². The van der Waals surface area contributed by atoms with Gasteiger partial charge in [0.05, 0.1) is 16.7 Å². The fraction of sp³-hybridized carbons (Fsp3) is 0.577. The lowest BCUT2D eigenvalue weighted by molar-refractivity contribution is -0.139. The molecule has 0 bridgehead atoms. The molecule has 2 saturated heterocycles. The zero-order valence-electron chi connectivity index (χ0n) is 20.5. The molecule has 1 aromatic carbocycles. The fourth-order valence-corrected chi connectivity index (χ4v) is 5.42. The van der Waals surface area contributed by atoms with Crippen molar-refractivity contribution in [3.8, 4) is 5.75 Å². The maximum atomic E-state index is 13.0. The van der Waals surface area contributed by atoms with E-state index in [1.54, 1.807) is 4.90 Å². The number of amides is 2. The van der Waals surface area contributed by atoms with Gasteiger partial charge >= 0.3 is 0 Å². The van der Waals surface area contributed by atoms with Crippen LogP contribution in [0.1, 0.15) is 46.0 Å². The average Bonchev–Trinajstić information content (AvgIpc) is 3.31. The summed E-state index contributed by atoms with van der Waals surface area (Å²) >= 11 is 3.52. The molecule has 9 heteroatoms. The molecule has 2 amide bonds. The Morgan fingerprint density at radius 2 is 1.80 bits per heavy atom. The SMILES string of the molecule is CC1CN(C(=O)/C(N)=C2\CCCC2=NCC(=O)N2CCC(Oc3ccccc3Br)CC2)CC(C)O1. The third-order valence-corrected chi connectivity index (χ3v) is 7.44. The van der Waals surface area contributed by atoms with Crippen LogP contribution in [0.3, 0.4) is 0 Å². The number of piperidine rings is 1. The summed E-state index contributed by atoms with van der Waals surface area (Å²) in [6.07, 6.45) is 3.98. The van der Waals surface area contributed by atoms with Gasteiger partial charge in [-0.25, -0.2) is 0 Å². The van der Waals surface area contributed by atoms with Gasteiger partial charge in [-0.05, 0) is 61.2 Å². The molecule has 1 aromatic rings. The van der Waals surface area contributed by atoms with Crippen molar-refractivity contribution in [2.45, 2.75) is 64.3 Å². The number of para-hydroxylation sites is 1. The highest BCUT2D eigenvalue weighted by Gasteiger charge is 2.30. The highest BCUT2D eigenvalue weighted by Crippen LogP contribution is 2.28. The van der Waals surface area contributed by atoms with E-state index in [2.05, 4.69) is 20.9 Å². The molecule has 190 valence electrons. The molecule has 2 N–H and O–H groups in total. The Morgan fingerprint density at radius 1 is 1.11 bits per heavy atom. The van der Waals surface area contributed by atoms with E-state index in [0.717, 1.165) is 53.6 Å². The Labute approximate surface area is 215 Å². The number of nitrogens with zero attached hydrogens (tertiary/aromatic N) is 3. The summed E-state index contributed by atoms with van der Waals surface area (Å²) in [7, 11) is 0. The molecule has 1 saturated carbocycles. The quantitative estimate of drug-likeness (QED) is 0.571. The number of morpholine rings is 1. The van der Waals surface area contributed by atoms with E-state index in [0.29, 0.717) is 26.2 Å². The largest absolute Gasteiger partial charge is 0.489 e. The van der Waals surface area contributed by atoms with Gasteiger partial charge in [-0.15, -0.1) is 0 Å². The van der Waals surface area contributed by atoms with Crippen molar-refractivity contribution < 1.29 is 19.1 Å². The van der Waals surface area contributed by atoms with Crippen LogP contribution in [0, 0.1) is 0 Å². The van der Waals surface area contributed by atoms with Crippen LogP contribution in [-0.2, 0) is 14.3 Å². The normalized spacial score (nSPS) is 26.2. The summed E-state index contributed by atoms with van der Waals surface area (Å²) in [5.74, 6) is 0.677. The van der Waals surface area contributed by atoms with Crippen LogP contribution < -0.4 is 10.5 Å². The smallest absolute Gasteiger partial charge is 0.270 e. The number of aliphatic imine (C=N–C) groups is 1. The van der Waals surface area contributed by atoms with Crippen LogP contribution in [0.5, 0.6) is 5.75 Å². The molecule has 2 unspecified atom stereocenters. The number of likely N-dealkylation sites (tertiary alicyclic amines) is 1. The summed E-state index contributed by atoms with van der Waals surface area (Å²) in [6.45, 7) is 6.37. The average molecular weight is 547 g/mol. The molecule has 0 aromatic heterocycles. The zero-order chi connectivity index (χ0) is 24.9. The lowest BCUT2D eigenvalue weighted by Gasteiger charge is -2.35. The molecule has 2 aliphatic heterocycles. The second-order valence-corrected chi connectivity index (χ2v) is 10.5. The second kappa shape index (κ2) is 11.6. The number of carbonyl (C=O) groups is 2. The van der Waals surface area contributed by atoms with E-state index in [4.69, 9.17) is 15.2 Å². The van der Waals surface area contributed by atoms with E-state index < -0.39 is 0 Å². The predicted octanol–water partition coefficient (Wildman–Crippen LogP) is 3.29. The first-order chi connectivity index (χ1) is 16.8. The molecule has 2 atom stereocenters. The number of benzene rings is 1. The summed E-state index contributed by atoms with van der Waals surface area (Å²) in [5.41, 5.74) is 8.19. The van der Waals surface area contributed by atoms with Crippen molar-refractivity contribution in [3.63, 3.8) is 0 Å². The molecular formula is C26H35BrN4O4. The van der Waals surface area contributed by atoms with Crippen molar-refractivity contribution in [1.82, 2.24) is 9.80 Å². The number of allylic oxidation sites excluding steroid dienone is 1. The third kappa shape index (κ3) is 6.44. The van der Waals surface area contributed by atoms with Crippen LogP contribution in [0.2, 0.25) is 0 Å². The van der Waals surface area contributed by atoms with E-state index >= 15 is 0 Å². The lowest BCUT2D eigenvalue weighted by atomic mass is 10.1. The fourth-order valence-electron chi connectivity index (χ4n) is 5.04. The van der Waals surface area contributed by atoms with Crippen LogP contribution in [-0.4, -0.2) is 78.4 Å². The highest BCUT2D eigenvalue weighted by molar-refractivity contribution is 9.10. The van der Waals surface area contributed by atoms with Gasteiger partial charge in [-0.2, -0.15) is 0 Å². The second-order valence-electron chi connectivity index (χ2n) is 9.60. The Balaban J connectivity index is 1.32. The van der Waals surface area contributed by atoms with Gasteiger partial charge in [0.2, 0.25) is 5.91 Å². The lowest BCUT2D eigenvalue weighted by Crippen LogP contribution is -2.49. The molecule has 8 nitrogen and oxygen atoms in total. The summed E-state index contributed by atoms with van der Waals surface area (Å²) in [6, 6.07) is 7.81. The molecule has 3 fully saturated rings. The first kappa shape index (κ1) is 25.7. The monoisotopic (exact) mass is 546 g/mol. The molecule has 1 aliphatic carbocycles. The van der Waals surface area contributed by atoms with Crippen molar-refractivity contribution in [1.29, 1.82) is 0 Å². The number of halogens is 1. The molecule has 4 rings (SSSR count). The number of hydrogen-bond acceptors (Lipinski definition) is 6. The van der Waals surface area contributed by atoms with Gasteiger partial charge in [0.15, 0.2) is 0 Å². The number of hydrogen-bond donors (Lipinski definition) is 1. The van der Waals surface area contributed by atoms with Gasteiger partial charge in [-0.1, -0.05) is 12.1 Å². The topological polar surface area (TPSA) is 97.5 Å². The van der Waals surface area contributed by atoms with Gasteiger partial charge < -0.3 is 25.0 Å². The Morgan fingerprint density at radius 3 is 2.49 bits per heavy atom. The molecule has 3 aliphatic rings. The molecule has 0 spiro atoms. The molecule has 2 heterocycles. The maximum Gasteiger partial charge on any atom is 0.270 e. The van der Waals surface area contributed by atoms with Gasteiger partial charge in [0, 0.05) is 50.3 Å². The summed E-state index contributed by atoms with van der Waals surface area (Å²) in [5, 5.41) is 0. The Bertz CT molecular complexity index is 993. The summed E-state index contributed by atoms with van der Waals surface area (Å²) < 4.78 is 12.8. The minimum absolute atomic E-state index is 0.00354. The van der Waals surface area contributed by atoms with Gasteiger partial charge in [0.1, 0.15) is 24.1 Å². The van der Waals surface area contributed by atoms with Crippen LogP contribution in [0.25, 0.3) is 0 Å². The third-order valence-electron chi connectivity index (χ3n) is 6.78. The van der Waals surface area contributed by atoms with Crippen molar-refractivity contribution in [2.24, 2.45) is 10.7 Å². The standard InChI is InChI=1S/C26H35BrN4O4/c1-17-15-31(16-18(2)34-17)26(33)25(28)20-6-5-8-22(20)29-14-24(32)30-12-10-19(11-13-30)35-23-9-4-3-7-21(23)27/h3-4,7,9,17-19H,5-6,8,10-16,28H2,1-2H3/b25-20-,29-22?. The number of nitrogens with two attached hydrogens (primary N) is 1. The predicted molar refractivity (Wildman–Crippen MR) is 138 cm³/mol. The first-order valence-electron chi connectivity index (χ1n) is 12.5. The first-order valence-corrected chi connectivity index (χ1v) is 13.3. The molecule has 35 heavy (non-hydrogen) atoms. The maximum absolute atomic E-state index is 13.0. The number of rotatable bonds is 5. The van der Waals surface area contributed by atoms with E-state index in [9.17, 15) is 9.59 Å². The minimum atomic E-state index is -0.157. The van der Waals surface area contributed by atoms with E-state index in [1.165, 1.54) is 0 Å². The minimum Gasteiger partial charge on any atom is -0.489 e. The van der Waals surface area contributed by atoms with Crippen molar-refractivity contribution in [2.75, 3.05) is 32.7 Å².